The summed E-state index contributed by atoms with van der Waals surface area (Å²) in [6.45, 7) is 8.93. The molecule has 4 rings (SSSR count). The number of rotatable bonds is 7. The molecule has 0 saturated heterocycles. The number of benzene rings is 2. The van der Waals surface area contributed by atoms with Crippen molar-refractivity contribution in [2.45, 2.75) is 46.2 Å². The lowest BCUT2D eigenvalue weighted by Crippen LogP contribution is -2.49. The maximum Gasteiger partial charge on any atom is 0.254 e. The monoisotopic (exact) mass is 476 g/mol. The molecule has 2 heterocycles. The molecular weight excluding hydrogens is 444 g/mol. The van der Waals surface area contributed by atoms with Gasteiger partial charge in [-0.3, -0.25) is 9.59 Å². The zero-order valence-corrected chi connectivity index (χ0v) is 21.1. The SMILES string of the molecule is Cc1ccc(OCC2c3ccsc3CCN2C(=O)CN(C(=O)c2ccccc2C)C(C)C)cc1. The molecule has 0 N–H and O–H groups in total. The molecule has 1 aliphatic rings. The number of carbonyl (C=O) groups is 2. The summed E-state index contributed by atoms with van der Waals surface area (Å²) in [6.07, 6.45) is 0.827. The Labute approximate surface area is 206 Å². The van der Waals surface area contributed by atoms with Crippen molar-refractivity contribution in [2.75, 3.05) is 19.7 Å². The zero-order valence-electron chi connectivity index (χ0n) is 20.3. The molecule has 1 aromatic heterocycles. The summed E-state index contributed by atoms with van der Waals surface area (Å²) in [7, 11) is 0. The van der Waals surface area contributed by atoms with E-state index in [1.165, 1.54) is 10.4 Å². The summed E-state index contributed by atoms with van der Waals surface area (Å²) in [5, 5.41) is 2.08. The van der Waals surface area contributed by atoms with E-state index in [-0.39, 0.29) is 30.4 Å². The highest BCUT2D eigenvalue weighted by molar-refractivity contribution is 7.10. The minimum absolute atomic E-state index is 0.0470. The van der Waals surface area contributed by atoms with Crippen molar-refractivity contribution in [1.29, 1.82) is 0 Å². The lowest BCUT2D eigenvalue weighted by Gasteiger charge is -2.37. The predicted molar refractivity (Wildman–Crippen MR) is 137 cm³/mol. The number of amides is 2. The Morgan fingerprint density at radius 3 is 2.53 bits per heavy atom. The number of ether oxygens (including phenoxy) is 1. The van der Waals surface area contributed by atoms with E-state index in [4.69, 9.17) is 4.74 Å². The van der Waals surface area contributed by atoms with Gasteiger partial charge in [0, 0.05) is 23.0 Å². The molecule has 1 unspecified atom stereocenters. The van der Waals surface area contributed by atoms with Gasteiger partial charge in [-0.2, -0.15) is 0 Å². The van der Waals surface area contributed by atoms with Crippen LogP contribution in [0.3, 0.4) is 0 Å². The number of nitrogens with zero attached hydrogens (tertiary/aromatic N) is 2. The quantitative estimate of drug-likeness (QED) is 0.457. The number of aryl methyl sites for hydroxylation is 2. The molecule has 6 heteroatoms. The van der Waals surface area contributed by atoms with Crippen LogP contribution in [0.1, 0.15) is 51.8 Å². The highest BCUT2D eigenvalue weighted by atomic mass is 32.1. The molecule has 2 amide bonds. The van der Waals surface area contributed by atoms with Crippen molar-refractivity contribution in [3.05, 3.63) is 87.1 Å². The average Bonchev–Trinajstić information content (AvgIpc) is 3.31. The zero-order chi connectivity index (χ0) is 24.2. The van der Waals surface area contributed by atoms with Crippen LogP contribution in [0.4, 0.5) is 0 Å². The Hall–Kier alpha value is -3.12. The van der Waals surface area contributed by atoms with Gasteiger partial charge in [-0.1, -0.05) is 35.9 Å². The Bertz CT molecular complexity index is 1150. The lowest BCUT2D eigenvalue weighted by atomic mass is 10.00. The first-order valence-electron chi connectivity index (χ1n) is 11.8. The van der Waals surface area contributed by atoms with Gasteiger partial charge in [0.1, 0.15) is 18.9 Å². The second-order valence-electron chi connectivity index (χ2n) is 9.12. The Morgan fingerprint density at radius 2 is 1.82 bits per heavy atom. The van der Waals surface area contributed by atoms with Crippen molar-refractivity contribution >= 4 is 23.2 Å². The number of thiophene rings is 1. The van der Waals surface area contributed by atoms with Crippen LogP contribution in [0.2, 0.25) is 0 Å². The maximum absolute atomic E-state index is 13.6. The Kier molecular flexibility index (Phi) is 7.37. The van der Waals surface area contributed by atoms with Gasteiger partial charge in [0.05, 0.1) is 6.04 Å². The van der Waals surface area contributed by atoms with Crippen LogP contribution < -0.4 is 4.74 Å². The van der Waals surface area contributed by atoms with Gasteiger partial charge >= 0.3 is 0 Å². The smallest absolute Gasteiger partial charge is 0.254 e. The third kappa shape index (κ3) is 5.17. The topological polar surface area (TPSA) is 49.9 Å². The molecular formula is C28H32N2O3S. The molecule has 0 saturated carbocycles. The second kappa shape index (κ2) is 10.4. The van der Waals surface area contributed by atoms with E-state index in [0.29, 0.717) is 18.7 Å². The first-order valence-corrected chi connectivity index (χ1v) is 12.6. The average molecular weight is 477 g/mol. The molecule has 0 bridgehead atoms. The standard InChI is InChI=1S/C28H32N2O3S/c1-19(2)30(28(32)23-8-6-5-7-21(23)4)17-27(31)29-15-13-26-24(14-16-34-26)25(29)18-33-22-11-9-20(3)10-12-22/h5-12,14,16,19,25H,13,15,17-18H2,1-4H3. The van der Waals surface area contributed by atoms with Crippen LogP contribution in [-0.2, 0) is 11.2 Å². The number of fused-ring (bicyclic) bond motifs is 1. The molecule has 0 radical (unpaired) electrons. The Morgan fingerprint density at radius 1 is 1.09 bits per heavy atom. The minimum atomic E-state index is -0.175. The third-order valence-corrected chi connectivity index (χ3v) is 7.41. The molecule has 0 aliphatic carbocycles. The summed E-state index contributed by atoms with van der Waals surface area (Å²) in [5.41, 5.74) is 3.88. The highest BCUT2D eigenvalue weighted by Gasteiger charge is 2.34. The largest absolute Gasteiger partial charge is 0.491 e. The highest BCUT2D eigenvalue weighted by Crippen LogP contribution is 2.34. The summed E-state index contributed by atoms with van der Waals surface area (Å²) >= 11 is 1.73. The fourth-order valence-corrected chi connectivity index (χ4v) is 5.31. The molecule has 3 aromatic rings. The molecule has 2 aromatic carbocycles. The van der Waals surface area contributed by atoms with Gasteiger partial charge < -0.3 is 14.5 Å². The van der Waals surface area contributed by atoms with Crippen molar-refractivity contribution < 1.29 is 14.3 Å². The van der Waals surface area contributed by atoms with E-state index in [2.05, 4.69) is 11.4 Å². The summed E-state index contributed by atoms with van der Waals surface area (Å²) in [5.74, 6) is 0.631. The predicted octanol–water partition coefficient (Wildman–Crippen LogP) is 5.42. The van der Waals surface area contributed by atoms with Crippen LogP contribution in [0.25, 0.3) is 0 Å². The number of hydrogen-bond acceptors (Lipinski definition) is 4. The molecule has 0 spiro atoms. The summed E-state index contributed by atoms with van der Waals surface area (Å²) < 4.78 is 6.12. The molecule has 1 aliphatic heterocycles. The van der Waals surface area contributed by atoms with Crippen LogP contribution in [0, 0.1) is 13.8 Å². The van der Waals surface area contributed by atoms with Crippen molar-refractivity contribution in [2.24, 2.45) is 0 Å². The molecule has 34 heavy (non-hydrogen) atoms. The van der Waals surface area contributed by atoms with Crippen LogP contribution in [0.15, 0.2) is 60.0 Å². The van der Waals surface area contributed by atoms with Crippen LogP contribution >= 0.6 is 11.3 Å². The Balaban J connectivity index is 1.54. The lowest BCUT2D eigenvalue weighted by molar-refractivity contribution is -0.136. The summed E-state index contributed by atoms with van der Waals surface area (Å²) in [6, 6.07) is 17.3. The number of carbonyl (C=O) groups excluding carboxylic acids is 2. The van der Waals surface area contributed by atoms with Crippen LogP contribution in [0.5, 0.6) is 5.75 Å². The molecule has 178 valence electrons. The second-order valence-corrected chi connectivity index (χ2v) is 10.1. The fraction of sp³-hybridized carbons (Fsp3) is 0.357. The van der Waals surface area contributed by atoms with E-state index < -0.39 is 0 Å². The first kappa shape index (κ1) is 24.0. The maximum atomic E-state index is 13.6. The van der Waals surface area contributed by atoms with E-state index in [9.17, 15) is 9.59 Å². The fourth-order valence-electron chi connectivity index (χ4n) is 4.38. The molecule has 1 atom stereocenters. The first-order chi connectivity index (χ1) is 16.3. The van der Waals surface area contributed by atoms with Gasteiger partial charge in [-0.25, -0.2) is 0 Å². The van der Waals surface area contributed by atoms with E-state index in [1.807, 2.05) is 81.1 Å². The van der Waals surface area contributed by atoms with Crippen molar-refractivity contribution in [3.8, 4) is 5.75 Å². The van der Waals surface area contributed by atoms with E-state index >= 15 is 0 Å². The summed E-state index contributed by atoms with van der Waals surface area (Å²) in [4.78, 5) is 31.8. The number of hydrogen-bond donors (Lipinski definition) is 0. The van der Waals surface area contributed by atoms with Gasteiger partial charge in [-0.05, 0) is 74.9 Å². The van der Waals surface area contributed by atoms with E-state index in [1.54, 1.807) is 16.2 Å². The van der Waals surface area contributed by atoms with Crippen molar-refractivity contribution in [1.82, 2.24) is 9.80 Å². The van der Waals surface area contributed by atoms with Gasteiger partial charge in [-0.15, -0.1) is 11.3 Å². The molecule has 5 nitrogen and oxygen atoms in total. The third-order valence-electron chi connectivity index (χ3n) is 6.41. The van der Waals surface area contributed by atoms with Crippen molar-refractivity contribution in [3.63, 3.8) is 0 Å². The normalized spacial score (nSPS) is 15.2. The minimum Gasteiger partial charge on any atom is -0.491 e. The van der Waals surface area contributed by atoms with Crippen LogP contribution in [-0.4, -0.2) is 47.4 Å². The van der Waals surface area contributed by atoms with E-state index in [0.717, 1.165) is 23.3 Å². The van der Waals surface area contributed by atoms with Gasteiger partial charge in [0.2, 0.25) is 5.91 Å². The van der Waals surface area contributed by atoms with Gasteiger partial charge in [0.25, 0.3) is 5.91 Å². The van der Waals surface area contributed by atoms with Gasteiger partial charge in [0.15, 0.2) is 0 Å². The molecule has 0 fully saturated rings.